The predicted molar refractivity (Wildman–Crippen MR) is 214 cm³/mol. The van der Waals surface area contributed by atoms with Gasteiger partial charge in [0, 0.05) is 31.0 Å². The molecule has 5 aromatic heterocycles. The van der Waals surface area contributed by atoms with Crippen molar-refractivity contribution in [3.8, 4) is 11.3 Å². The van der Waals surface area contributed by atoms with Gasteiger partial charge in [0.25, 0.3) is 0 Å². The molecule has 1 saturated heterocycles. The zero-order valence-electron chi connectivity index (χ0n) is 30.8. The summed E-state index contributed by atoms with van der Waals surface area (Å²) >= 11 is 3.49. The summed E-state index contributed by atoms with van der Waals surface area (Å²) in [5, 5.41) is 9.76. The van der Waals surface area contributed by atoms with Gasteiger partial charge >= 0.3 is 0 Å². The molecule has 2 atom stereocenters. The fourth-order valence-electron chi connectivity index (χ4n) is 9.77. The lowest BCUT2D eigenvalue weighted by Gasteiger charge is -2.37. The fourth-order valence-corrected chi connectivity index (χ4v) is 10.1. The molecule has 282 valence electrons. The van der Waals surface area contributed by atoms with Crippen LogP contribution in [-0.2, 0) is 46.6 Å². The van der Waals surface area contributed by atoms with Crippen molar-refractivity contribution >= 4 is 44.2 Å². The van der Waals surface area contributed by atoms with Gasteiger partial charge in [-0.25, -0.2) is 29.9 Å². The molecule has 12 nitrogen and oxygen atoms in total. The van der Waals surface area contributed by atoms with Crippen LogP contribution < -0.4 is 4.90 Å². The molecule has 2 aliphatic carbocycles. The number of aliphatic hydroxyl groups excluding tert-OH is 1. The van der Waals surface area contributed by atoms with Crippen molar-refractivity contribution in [1.29, 1.82) is 0 Å². The van der Waals surface area contributed by atoms with E-state index in [4.69, 9.17) is 29.4 Å². The van der Waals surface area contributed by atoms with Crippen LogP contribution in [0.2, 0.25) is 0 Å². The maximum Gasteiger partial charge on any atom is 0.225 e. The van der Waals surface area contributed by atoms with E-state index in [2.05, 4.69) is 88.5 Å². The summed E-state index contributed by atoms with van der Waals surface area (Å²) in [6.07, 6.45) is 9.12. The van der Waals surface area contributed by atoms with Crippen molar-refractivity contribution < 1.29 is 14.6 Å². The van der Waals surface area contributed by atoms with Crippen molar-refractivity contribution in [3.05, 3.63) is 124 Å². The van der Waals surface area contributed by atoms with Crippen molar-refractivity contribution in [2.45, 2.75) is 68.9 Å². The van der Waals surface area contributed by atoms with Crippen LogP contribution in [0.1, 0.15) is 59.6 Å². The number of rotatable bonds is 2. The number of imidazole rings is 2. The Morgan fingerprint density at radius 3 is 1.82 bits per heavy atom. The largest absolute Gasteiger partial charge is 0.393 e. The number of pyridine rings is 2. The SMILES string of the molecule is Brc1ccc2nc3n(c2n1)C1(CCc2ccccc21)COC3.OC1CCN(c2ncc(-c3ccc4nc5n(c4n3)C3(CCc4ccccc43)COC5)cn2)CC1. The third kappa shape index (κ3) is 5.35. The summed E-state index contributed by atoms with van der Waals surface area (Å²) in [5.74, 6) is 2.61. The molecule has 8 heterocycles. The molecule has 3 aliphatic heterocycles. The number of aliphatic hydroxyl groups is 1. The normalized spacial score (nSPS) is 22.6. The van der Waals surface area contributed by atoms with Crippen LogP contribution in [0.4, 0.5) is 5.95 Å². The Bertz CT molecular complexity index is 2640. The second-order valence-electron chi connectivity index (χ2n) is 15.6. The van der Waals surface area contributed by atoms with Gasteiger partial charge in [0.1, 0.15) is 40.5 Å². The molecule has 0 bridgehead atoms. The molecular formula is C43H40BrN9O3. The summed E-state index contributed by atoms with van der Waals surface area (Å²) in [6.45, 7) is 3.93. The maximum absolute atomic E-state index is 9.76. The van der Waals surface area contributed by atoms with Crippen LogP contribution >= 0.6 is 15.9 Å². The number of aromatic nitrogens is 8. The molecule has 1 N–H and O–H groups in total. The molecule has 0 saturated carbocycles. The monoisotopic (exact) mass is 809 g/mol. The molecule has 2 spiro atoms. The molecule has 1 fully saturated rings. The highest BCUT2D eigenvalue weighted by molar-refractivity contribution is 9.10. The van der Waals surface area contributed by atoms with E-state index in [1.807, 2.05) is 36.7 Å². The molecule has 2 unspecified atom stereocenters. The number of benzene rings is 2. The maximum atomic E-state index is 9.76. The second kappa shape index (κ2) is 13.3. The Balaban J connectivity index is 0.000000142. The van der Waals surface area contributed by atoms with Gasteiger partial charge < -0.3 is 19.5 Å². The third-order valence-corrected chi connectivity index (χ3v) is 12.9. The van der Waals surface area contributed by atoms with Crippen LogP contribution in [0.5, 0.6) is 0 Å². The van der Waals surface area contributed by atoms with Gasteiger partial charge in [-0.05, 0) is 101 Å². The lowest BCUT2D eigenvalue weighted by molar-refractivity contribution is 0.0224. The third-order valence-electron chi connectivity index (χ3n) is 12.4. The van der Waals surface area contributed by atoms with Crippen molar-refractivity contribution in [2.75, 3.05) is 31.2 Å². The summed E-state index contributed by atoms with van der Waals surface area (Å²) < 4.78 is 17.5. The molecule has 2 aromatic carbocycles. The molecule has 0 radical (unpaired) electrons. The van der Waals surface area contributed by atoms with Crippen LogP contribution in [0.3, 0.4) is 0 Å². The van der Waals surface area contributed by atoms with Gasteiger partial charge in [-0.15, -0.1) is 0 Å². The average Bonchev–Trinajstić information content (AvgIpc) is 4.01. The first-order valence-electron chi connectivity index (χ1n) is 19.5. The van der Waals surface area contributed by atoms with Gasteiger partial charge in [0.15, 0.2) is 11.3 Å². The minimum Gasteiger partial charge on any atom is -0.393 e. The highest BCUT2D eigenvalue weighted by Crippen LogP contribution is 2.46. The Morgan fingerprint density at radius 1 is 0.661 bits per heavy atom. The van der Waals surface area contributed by atoms with E-state index >= 15 is 0 Å². The number of halogens is 1. The average molecular weight is 811 g/mol. The molecular weight excluding hydrogens is 770 g/mol. The topological polar surface area (TPSA) is 129 Å². The summed E-state index contributed by atoms with van der Waals surface area (Å²) in [7, 11) is 0. The van der Waals surface area contributed by atoms with E-state index < -0.39 is 0 Å². The Hall–Kier alpha value is -5.08. The smallest absolute Gasteiger partial charge is 0.225 e. The highest BCUT2D eigenvalue weighted by atomic mass is 79.9. The highest BCUT2D eigenvalue weighted by Gasteiger charge is 2.46. The van der Waals surface area contributed by atoms with E-state index in [-0.39, 0.29) is 17.2 Å². The van der Waals surface area contributed by atoms with E-state index in [0.29, 0.717) is 32.4 Å². The first-order chi connectivity index (χ1) is 27.5. The van der Waals surface area contributed by atoms with Crippen molar-refractivity contribution in [1.82, 2.24) is 39.0 Å². The number of aryl methyl sites for hydroxylation is 2. The summed E-state index contributed by atoms with van der Waals surface area (Å²) in [4.78, 5) is 30.8. The van der Waals surface area contributed by atoms with Gasteiger partial charge in [-0.1, -0.05) is 48.5 Å². The van der Waals surface area contributed by atoms with Crippen molar-refractivity contribution in [3.63, 3.8) is 0 Å². The van der Waals surface area contributed by atoms with Gasteiger partial charge in [-0.2, -0.15) is 0 Å². The van der Waals surface area contributed by atoms with Crippen LogP contribution in [0, 0.1) is 0 Å². The quantitative estimate of drug-likeness (QED) is 0.194. The molecule has 5 aliphatic rings. The number of anilines is 1. The summed E-state index contributed by atoms with van der Waals surface area (Å²) in [6, 6.07) is 25.3. The minimum absolute atomic E-state index is 0.160. The van der Waals surface area contributed by atoms with Crippen LogP contribution in [-0.4, -0.2) is 76.6 Å². The number of hydrogen-bond donors (Lipinski definition) is 1. The van der Waals surface area contributed by atoms with Crippen molar-refractivity contribution in [2.24, 2.45) is 0 Å². The Morgan fingerprint density at radius 2 is 1.21 bits per heavy atom. The molecule has 13 heteroatoms. The Kier molecular flexibility index (Phi) is 8.10. The molecule has 12 rings (SSSR count). The second-order valence-corrected chi connectivity index (χ2v) is 16.4. The number of fused-ring (bicyclic) bond motifs is 12. The first kappa shape index (κ1) is 34.2. The number of nitrogens with zero attached hydrogens (tertiary/aromatic N) is 9. The van der Waals surface area contributed by atoms with Gasteiger partial charge in [-0.3, -0.25) is 9.13 Å². The van der Waals surface area contributed by atoms with Crippen LogP contribution in [0.25, 0.3) is 33.6 Å². The predicted octanol–water partition coefficient (Wildman–Crippen LogP) is 6.48. The Labute approximate surface area is 331 Å². The zero-order valence-corrected chi connectivity index (χ0v) is 32.4. The van der Waals surface area contributed by atoms with E-state index in [1.54, 1.807) is 0 Å². The minimum atomic E-state index is -0.260. The number of ether oxygens (including phenoxy) is 2. The molecule has 0 amide bonds. The fraction of sp³-hybridized carbons (Fsp3) is 0.349. The first-order valence-corrected chi connectivity index (χ1v) is 20.3. The standard InChI is InChI=1S/C26H26N6O2.C17H14BrN3O/c33-19-8-11-31(12-9-19)25-27-13-18(14-28-25)21-5-6-22-24(30-21)32-23(29-22)15-34-16-26(32)10-7-17-3-1-2-4-20(17)26;18-14-6-5-13-16(20-14)21-15(19-13)9-22-10-17(21)8-7-11-3-1-2-4-12(11)17/h1-6,13-14,19,33H,7-12,15-16H2;1-6H,7-10H2. The zero-order chi connectivity index (χ0) is 37.4. The van der Waals surface area contributed by atoms with Gasteiger partial charge in [0.05, 0.1) is 36.1 Å². The lowest BCUT2D eigenvalue weighted by Crippen LogP contribution is -2.42. The summed E-state index contributed by atoms with van der Waals surface area (Å²) in [5.41, 5.74) is 10.4. The number of hydrogen-bond acceptors (Lipinski definition) is 10. The van der Waals surface area contributed by atoms with Gasteiger partial charge in [0.2, 0.25) is 5.95 Å². The van der Waals surface area contributed by atoms with E-state index in [0.717, 1.165) is 101 Å². The van der Waals surface area contributed by atoms with E-state index in [1.165, 1.54) is 22.3 Å². The molecule has 7 aromatic rings. The van der Waals surface area contributed by atoms with Crippen LogP contribution in [0.15, 0.2) is 89.8 Å². The molecule has 56 heavy (non-hydrogen) atoms. The van der Waals surface area contributed by atoms with E-state index in [9.17, 15) is 5.11 Å². The lowest BCUT2D eigenvalue weighted by atomic mass is 9.91. The number of piperidine rings is 1.